The lowest BCUT2D eigenvalue weighted by atomic mass is 10.0. The molecule has 17 heavy (non-hydrogen) atoms. The van der Waals surface area contributed by atoms with Crippen LogP contribution in [0, 0.1) is 17.5 Å². The molecule has 1 heterocycles. The van der Waals surface area contributed by atoms with E-state index in [2.05, 4.69) is 0 Å². The average Bonchev–Trinajstić information content (AvgIpc) is 2.76. The Morgan fingerprint density at radius 2 is 1.94 bits per heavy atom. The first-order valence-corrected chi connectivity index (χ1v) is 5.91. The molecular formula is C12H12ClF3O. The van der Waals surface area contributed by atoms with Crippen molar-refractivity contribution < 1.29 is 17.9 Å². The SMILES string of the molecule is Fc1cc(F)c(C(Cl)CC2CCCO2)cc1F. The van der Waals surface area contributed by atoms with Crippen molar-refractivity contribution in [2.75, 3.05) is 6.61 Å². The second-order valence-electron chi connectivity index (χ2n) is 4.13. The Balaban J connectivity index is 2.12. The maximum Gasteiger partial charge on any atom is 0.161 e. The van der Waals surface area contributed by atoms with E-state index < -0.39 is 22.8 Å². The Bertz CT molecular complexity index is 405. The Kier molecular flexibility index (Phi) is 3.94. The number of ether oxygens (including phenoxy) is 1. The second kappa shape index (κ2) is 5.27. The van der Waals surface area contributed by atoms with Crippen LogP contribution in [0.15, 0.2) is 12.1 Å². The normalized spacial score (nSPS) is 21.8. The van der Waals surface area contributed by atoms with Crippen LogP contribution in [-0.4, -0.2) is 12.7 Å². The molecule has 1 aromatic carbocycles. The summed E-state index contributed by atoms with van der Waals surface area (Å²) in [6, 6.07) is 1.34. The molecule has 0 spiro atoms. The predicted molar refractivity (Wildman–Crippen MR) is 58.5 cm³/mol. The molecule has 1 saturated heterocycles. The molecule has 0 amide bonds. The van der Waals surface area contributed by atoms with Crippen molar-refractivity contribution in [1.29, 1.82) is 0 Å². The Morgan fingerprint density at radius 3 is 2.59 bits per heavy atom. The highest BCUT2D eigenvalue weighted by molar-refractivity contribution is 6.20. The fourth-order valence-electron chi connectivity index (χ4n) is 1.97. The molecule has 1 aliphatic rings. The maximum atomic E-state index is 13.4. The van der Waals surface area contributed by atoms with Crippen molar-refractivity contribution in [3.8, 4) is 0 Å². The van der Waals surface area contributed by atoms with Gasteiger partial charge in [0.15, 0.2) is 11.6 Å². The summed E-state index contributed by atoms with van der Waals surface area (Å²) in [6.45, 7) is 0.675. The van der Waals surface area contributed by atoms with Gasteiger partial charge in [-0.3, -0.25) is 0 Å². The van der Waals surface area contributed by atoms with E-state index in [9.17, 15) is 13.2 Å². The van der Waals surface area contributed by atoms with Crippen molar-refractivity contribution in [3.63, 3.8) is 0 Å². The zero-order chi connectivity index (χ0) is 12.4. The van der Waals surface area contributed by atoms with E-state index in [4.69, 9.17) is 16.3 Å². The van der Waals surface area contributed by atoms with Crippen LogP contribution in [0.5, 0.6) is 0 Å². The van der Waals surface area contributed by atoms with Crippen molar-refractivity contribution in [2.45, 2.75) is 30.7 Å². The van der Waals surface area contributed by atoms with Crippen LogP contribution < -0.4 is 0 Å². The molecule has 2 atom stereocenters. The zero-order valence-corrected chi connectivity index (χ0v) is 9.81. The van der Waals surface area contributed by atoms with Gasteiger partial charge < -0.3 is 4.74 Å². The topological polar surface area (TPSA) is 9.23 Å². The highest BCUT2D eigenvalue weighted by Crippen LogP contribution is 2.32. The first kappa shape index (κ1) is 12.7. The third-order valence-electron chi connectivity index (χ3n) is 2.87. The first-order valence-electron chi connectivity index (χ1n) is 5.48. The quantitative estimate of drug-likeness (QED) is 0.593. The molecule has 0 aliphatic carbocycles. The fourth-order valence-corrected chi connectivity index (χ4v) is 2.33. The van der Waals surface area contributed by atoms with Gasteiger partial charge in [-0.25, -0.2) is 13.2 Å². The van der Waals surface area contributed by atoms with E-state index in [1.807, 2.05) is 0 Å². The molecule has 0 bridgehead atoms. The van der Waals surface area contributed by atoms with Gasteiger partial charge in [-0.2, -0.15) is 0 Å². The van der Waals surface area contributed by atoms with Gasteiger partial charge in [0.2, 0.25) is 0 Å². The van der Waals surface area contributed by atoms with Crippen LogP contribution in [-0.2, 0) is 4.74 Å². The van der Waals surface area contributed by atoms with Crippen molar-refractivity contribution >= 4 is 11.6 Å². The number of hydrogen-bond donors (Lipinski definition) is 0. The number of alkyl halides is 1. The molecule has 2 rings (SSSR count). The third-order valence-corrected chi connectivity index (χ3v) is 3.28. The van der Waals surface area contributed by atoms with Crippen LogP contribution in [0.4, 0.5) is 13.2 Å². The van der Waals surface area contributed by atoms with E-state index >= 15 is 0 Å². The van der Waals surface area contributed by atoms with Crippen LogP contribution in [0.25, 0.3) is 0 Å². The average molecular weight is 265 g/mol. The molecule has 0 saturated carbocycles. The summed E-state index contributed by atoms with van der Waals surface area (Å²) in [6.07, 6.45) is 2.21. The smallest absolute Gasteiger partial charge is 0.161 e. The maximum absolute atomic E-state index is 13.4. The van der Waals surface area contributed by atoms with E-state index in [1.54, 1.807) is 0 Å². The minimum Gasteiger partial charge on any atom is -0.378 e. The lowest BCUT2D eigenvalue weighted by Crippen LogP contribution is -2.09. The van der Waals surface area contributed by atoms with E-state index in [1.165, 1.54) is 0 Å². The van der Waals surface area contributed by atoms with Gasteiger partial charge in [-0.15, -0.1) is 11.6 Å². The Labute approximate surface area is 103 Å². The molecule has 0 N–H and O–H groups in total. The molecule has 94 valence electrons. The van der Waals surface area contributed by atoms with E-state index in [-0.39, 0.29) is 11.7 Å². The molecule has 1 aromatic rings. The highest BCUT2D eigenvalue weighted by Gasteiger charge is 2.23. The molecule has 5 heteroatoms. The van der Waals surface area contributed by atoms with Crippen LogP contribution >= 0.6 is 11.6 Å². The summed E-state index contributed by atoms with van der Waals surface area (Å²) in [7, 11) is 0. The summed E-state index contributed by atoms with van der Waals surface area (Å²) in [5, 5.41) is -0.701. The van der Waals surface area contributed by atoms with Gasteiger partial charge in [0.1, 0.15) is 5.82 Å². The van der Waals surface area contributed by atoms with Gasteiger partial charge in [-0.1, -0.05) is 0 Å². The van der Waals surface area contributed by atoms with Gasteiger partial charge >= 0.3 is 0 Å². The molecule has 0 radical (unpaired) electrons. The predicted octanol–water partition coefficient (Wildman–Crippen LogP) is 3.95. The van der Waals surface area contributed by atoms with Gasteiger partial charge in [0.05, 0.1) is 11.5 Å². The summed E-state index contributed by atoms with van der Waals surface area (Å²) >= 11 is 6.01. The fraction of sp³-hybridized carbons (Fsp3) is 0.500. The van der Waals surface area contributed by atoms with Gasteiger partial charge in [0, 0.05) is 18.2 Å². The highest BCUT2D eigenvalue weighted by atomic mass is 35.5. The largest absolute Gasteiger partial charge is 0.378 e. The molecule has 2 unspecified atom stereocenters. The zero-order valence-electron chi connectivity index (χ0n) is 9.06. The number of hydrogen-bond acceptors (Lipinski definition) is 1. The van der Waals surface area contributed by atoms with Crippen molar-refractivity contribution in [1.82, 2.24) is 0 Å². The number of halogens is 4. The van der Waals surface area contributed by atoms with Gasteiger partial charge in [-0.05, 0) is 25.3 Å². The van der Waals surface area contributed by atoms with Crippen molar-refractivity contribution in [3.05, 3.63) is 35.1 Å². The standard InChI is InChI=1S/C12H12ClF3O/c13-9(4-7-2-1-3-17-7)8-5-11(15)12(16)6-10(8)14/h5-7,9H,1-4H2. The summed E-state index contributed by atoms with van der Waals surface area (Å²) < 4.78 is 44.5. The molecule has 1 fully saturated rings. The second-order valence-corrected chi connectivity index (χ2v) is 4.65. The van der Waals surface area contributed by atoms with Crippen molar-refractivity contribution in [2.24, 2.45) is 0 Å². The lowest BCUT2D eigenvalue weighted by molar-refractivity contribution is 0.103. The molecule has 1 nitrogen and oxygen atoms in total. The monoisotopic (exact) mass is 264 g/mol. The Hall–Kier alpha value is -0.740. The minimum absolute atomic E-state index is 0.0129. The molecule has 1 aliphatic heterocycles. The lowest BCUT2D eigenvalue weighted by Gasteiger charge is -2.15. The minimum atomic E-state index is -1.20. The summed E-state index contributed by atoms with van der Waals surface area (Å²) in [4.78, 5) is 0. The van der Waals surface area contributed by atoms with Gasteiger partial charge in [0.25, 0.3) is 0 Å². The number of benzene rings is 1. The van der Waals surface area contributed by atoms with Crippen LogP contribution in [0.3, 0.4) is 0 Å². The van der Waals surface area contributed by atoms with Crippen LogP contribution in [0.1, 0.15) is 30.2 Å². The summed E-state index contributed by atoms with van der Waals surface area (Å²) in [5.41, 5.74) is -0.0129. The molecule has 0 aromatic heterocycles. The number of rotatable bonds is 3. The van der Waals surface area contributed by atoms with E-state index in [0.29, 0.717) is 19.1 Å². The Morgan fingerprint density at radius 1 is 1.24 bits per heavy atom. The van der Waals surface area contributed by atoms with Crippen LogP contribution in [0.2, 0.25) is 0 Å². The first-order chi connectivity index (χ1) is 8.08. The summed E-state index contributed by atoms with van der Waals surface area (Å²) in [5.74, 6) is -3.10. The molecular weight excluding hydrogens is 253 g/mol. The van der Waals surface area contributed by atoms with E-state index in [0.717, 1.165) is 18.9 Å². The third kappa shape index (κ3) is 2.93.